The highest BCUT2D eigenvalue weighted by atomic mass is 32.2. The lowest BCUT2D eigenvalue weighted by Gasteiger charge is -2.42. The Labute approximate surface area is 183 Å². The minimum Gasteiger partial charge on any atom is -0.260 e. The summed E-state index contributed by atoms with van der Waals surface area (Å²) in [5, 5.41) is 0. The van der Waals surface area contributed by atoms with Crippen LogP contribution in [0.4, 0.5) is 70.2 Å². The maximum atomic E-state index is 13.7. The fourth-order valence-corrected chi connectivity index (χ4v) is 2.99. The second kappa shape index (κ2) is 8.84. The van der Waals surface area contributed by atoms with Gasteiger partial charge in [-0.1, -0.05) is 18.2 Å². The first-order valence-corrected chi connectivity index (χ1v) is 9.54. The van der Waals surface area contributed by atoms with Gasteiger partial charge in [0.1, 0.15) is 6.61 Å². The molecule has 0 aromatic heterocycles. The van der Waals surface area contributed by atoms with E-state index in [4.69, 9.17) is 0 Å². The molecule has 0 saturated carbocycles. The quantitative estimate of drug-likeness (QED) is 0.238. The Kier molecular flexibility index (Phi) is 7.84. The predicted octanol–water partition coefficient (Wildman–Crippen LogP) is 6.10. The molecule has 3 nitrogen and oxygen atoms in total. The summed E-state index contributed by atoms with van der Waals surface area (Å²) in [7, 11) is -5.51. The van der Waals surface area contributed by atoms with Crippen LogP contribution in [0, 0.1) is 0 Å². The van der Waals surface area contributed by atoms with Crippen molar-refractivity contribution in [3.05, 3.63) is 30.3 Å². The van der Waals surface area contributed by atoms with Crippen LogP contribution < -0.4 is 0 Å². The van der Waals surface area contributed by atoms with E-state index >= 15 is 0 Å². The van der Waals surface area contributed by atoms with Crippen molar-refractivity contribution >= 4 is 10.1 Å². The Morgan fingerprint density at radius 1 is 0.629 bits per heavy atom. The largest absolute Gasteiger partial charge is 0.384 e. The first-order valence-electron chi connectivity index (χ1n) is 8.13. The molecule has 0 aliphatic heterocycles. The van der Waals surface area contributed by atoms with Crippen LogP contribution >= 0.6 is 0 Å². The molecule has 0 atom stereocenters. The van der Waals surface area contributed by atoms with E-state index in [1.165, 1.54) is 0 Å². The maximum absolute atomic E-state index is 13.7. The second-order valence-corrected chi connectivity index (χ2v) is 8.14. The van der Waals surface area contributed by atoms with Crippen molar-refractivity contribution in [1.82, 2.24) is 0 Å². The van der Waals surface area contributed by atoms with Crippen LogP contribution in [0.1, 0.15) is 0 Å². The zero-order chi connectivity index (χ0) is 28.1. The Balaban J connectivity index is 3.45. The van der Waals surface area contributed by atoms with Crippen molar-refractivity contribution in [3.63, 3.8) is 0 Å². The monoisotopic (exact) mass is 572 g/mol. The molecular weight excluding hydrogens is 564 g/mol. The Morgan fingerprint density at radius 3 is 1.40 bits per heavy atom. The Bertz CT molecular complexity index is 991. The maximum Gasteiger partial charge on any atom is 0.384 e. The van der Waals surface area contributed by atoms with Gasteiger partial charge >= 0.3 is 47.9 Å². The number of rotatable bonds is 11. The molecule has 204 valence electrons. The Hall–Kier alpha value is -1.99. The molecule has 35 heavy (non-hydrogen) atoms. The molecule has 0 bridgehead atoms. The summed E-state index contributed by atoms with van der Waals surface area (Å²) < 4.78 is 238. The van der Waals surface area contributed by atoms with Gasteiger partial charge in [0.25, 0.3) is 10.1 Å². The lowest BCUT2D eigenvalue weighted by Crippen LogP contribution is -2.74. The molecule has 0 spiro atoms. The van der Waals surface area contributed by atoms with Gasteiger partial charge in [0.05, 0.1) is 4.90 Å². The summed E-state index contributed by atoms with van der Waals surface area (Å²) >= 11 is 0. The van der Waals surface area contributed by atoms with Crippen molar-refractivity contribution in [2.45, 2.75) is 52.8 Å². The van der Waals surface area contributed by atoms with Crippen molar-refractivity contribution in [2.24, 2.45) is 0 Å². The van der Waals surface area contributed by atoms with Crippen LogP contribution in [-0.2, 0) is 14.3 Å². The molecule has 0 fully saturated rings. The van der Waals surface area contributed by atoms with Gasteiger partial charge in [-0.05, 0) is 12.1 Å². The molecule has 0 amide bonds. The average molecular weight is 572 g/mol. The molecule has 0 saturated heterocycles. The molecule has 1 rings (SSSR count). The summed E-state index contributed by atoms with van der Waals surface area (Å²) in [6.07, 6.45) is -5.94. The highest BCUT2D eigenvalue weighted by molar-refractivity contribution is 7.86. The highest BCUT2D eigenvalue weighted by Gasteiger charge is 2.93. The van der Waals surface area contributed by atoms with E-state index in [1.807, 2.05) is 0 Å². The van der Waals surface area contributed by atoms with E-state index in [2.05, 4.69) is 4.18 Å². The SMILES string of the molecule is O=S(=O)(OCC(F)(F)C(F)(F)C(F)(F)C(F)(F)C(F)(F)C(F)(F)C(F)(F)C(F)F)c1ccccc1. The molecular formula is C15H8F16O3S. The van der Waals surface area contributed by atoms with Crippen molar-refractivity contribution in [3.8, 4) is 0 Å². The minimum absolute atomic E-state index is 0.570. The topological polar surface area (TPSA) is 43.4 Å². The molecule has 0 N–H and O–H groups in total. The first kappa shape index (κ1) is 31.0. The van der Waals surface area contributed by atoms with Gasteiger partial charge in [-0.2, -0.15) is 69.9 Å². The smallest absolute Gasteiger partial charge is 0.260 e. The molecule has 20 heteroatoms. The van der Waals surface area contributed by atoms with Crippen molar-refractivity contribution in [1.29, 1.82) is 0 Å². The summed E-state index contributed by atoms with van der Waals surface area (Å²) in [5.74, 6) is -56.0. The molecule has 1 aromatic carbocycles. The van der Waals surface area contributed by atoms with Crippen LogP contribution in [0.15, 0.2) is 35.2 Å². The fourth-order valence-electron chi connectivity index (χ4n) is 2.06. The van der Waals surface area contributed by atoms with Gasteiger partial charge in [-0.15, -0.1) is 0 Å². The number of benzene rings is 1. The fraction of sp³-hybridized carbons (Fsp3) is 0.600. The van der Waals surface area contributed by atoms with Crippen LogP contribution in [-0.4, -0.2) is 62.9 Å². The third kappa shape index (κ3) is 4.62. The van der Waals surface area contributed by atoms with Gasteiger partial charge in [-0.3, -0.25) is 4.18 Å². The van der Waals surface area contributed by atoms with Crippen LogP contribution in [0.2, 0.25) is 0 Å². The van der Waals surface area contributed by atoms with Gasteiger partial charge in [0, 0.05) is 0 Å². The molecule has 0 radical (unpaired) electrons. The first-order chi connectivity index (χ1) is 15.3. The third-order valence-electron chi connectivity index (χ3n) is 4.16. The predicted molar refractivity (Wildman–Crippen MR) is 80.2 cm³/mol. The lowest BCUT2D eigenvalue weighted by atomic mass is 9.89. The van der Waals surface area contributed by atoms with Crippen molar-refractivity contribution in [2.75, 3.05) is 6.61 Å². The number of hydrogen-bond donors (Lipinski definition) is 0. The van der Waals surface area contributed by atoms with Gasteiger partial charge in [0.15, 0.2) is 0 Å². The van der Waals surface area contributed by atoms with E-state index in [9.17, 15) is 78.7 Å². The van der Waals surface area contributed by atoms with E-state index in [0.717, 1.165) is 18.2 Å². The summed E-state index contributed by atoms with van der Waals surface area (Å²) in [6.45, 7) is -3.47. The summed E-state index contributed by atoms with van der Waals surface area (Å²) in [4.78, 5) is -1.09. The second-order valence-electron chi connectivity index (χ2n) is 6.53. The summed E-state index contributed by atoms with van der Waals surface area (Å²) in [5.41, 5.74) is 0. The number of hydrogen-bond acceptors (Lipinski definition) is 3. The van der Waals surface area contributed by atoms with E-state index in [1.54, 1.807) is 0 Å². The van der Waals surface area contributed by atoms with Crippen LogP contribution in [0.25, 0.3) is 0 Å². The summed E-state index contributed by atoms with van der Waals surface area (Å²) in [6, 6.07) is 4.06. The molecule has 0 aliphatic rings. The van der Waals surface area contributed by atoms with Gasteiger partial charge in [0.2, 0.25) is 0 Å². The zero-order valence-corrected chi connectivity index (χ0v) is 16.7. The third-order valence-corrected chi connectivity index (χ3v) is 5.43. The van der Waals surface area contributed by atoms with E-state index in [0.29, 0.717) is 12.1 Å². The normalized spacial score (nSPS) is 15.6. The molecule has 0 aliphatic carbocycles. The molecule has 0 heterocycles. The molecule has 1 aromatic rings. The van der Waals surface area contributed by atoms with Gasteiger partial charge in [-0.25, -0.2) is 8.78 Å². The standard InChI is InChI=1S/C15H8F16O3S/c16-8(17)10(20,21)12(24,25)14(28,29)15(30,31)13(26,27)11(22,23)9(18,19)6-34-35(32,33)7-4-2-1-3-5-7/h1-5,8H,6H2. The molecule has 0 unspecified atom stereocenters. The number of halogens is 16. The van der Waals surface area contributed by atoms with Crippen LogP contribution in [0.3, 0.4) is 0 Å². The lowest BCUT2D eigenvalue weighted by molar-refractivity contribution is -0.447. The minimum atomic E-state index is -8.56. The highest BCUT2D eigenvalue weighted by Crippen LogP contribution is 2.62. The van der Waals surface area contributed by atoms with Gasteiger partial charge < -0.3 is 0 Å². The Morgan fingerprint density at radius 2 is 1.00 bits per heavy atom. The van der Waals surface area contributed by atoms with Crippen LogP contribution in [0.5, 0.6) is 0 Å². The number of alkyl halides is 16. The average Bonchev–Trinajstić information content (AvgIpc) is 2.72. The van der Waals surface area contributed by atoms with E-state index < -0.39 is 69.5 Å². The van der Waals surface area contributed by atoms with Crippen molar-refractivity contribution < 1.29 is 82.8 Å². The zero-order valence-electron chi connectivity index (χ0n) is 15.9. The van der Waals surface area contributed by atoms with E-state index in [-0.39, 0.29) is 0 Å².